The zero-order chi connectivity index (χ0) is 16.1. The lowest BCUT2D eigenvalue weighted by atomic mass is 10.0. The molecule has 0 aliphatic carbocycles. The van der Waals surface area contributed by atoms with Crippen molar-refractivity contribution in [2.45, 2.75) is 26.4 Å². The van der Waals surface area contributed by atoms with E-state index in [1.54, 1.807) is 0 Å². The Morgan fingerprint density at radius 1 is 0.917 bits per heavy atom. The minimum absolute atomic E-state index is 0. The maximum Gasteiger partial charge on any atom is 0.124 e. The van der Waals surface area contributed by atoms with Gasteiger partial charge in [-0.15, -0.1) is 12.4 Å². The second-order valence-corrected chi connectivity index (χ2v) is 5.71. The molecule has 1 atom stereocenters. The van der Waals surface area contributed by atoms with E-state index < -0.39 is 0 Å². The Kier molecular flexibility index (Phi) is 6.65. The molecule has 126 valence electrons. The molecule has 24 heavy (non-hydrogen) atoms. The smallest absolute Gasteiger partial charge is 0.124 e. The molecule has 3 rings (SSSR count). The van der Waals surface area contributed by atoms with Gasteiger partial charge in [0.1, 0.15) is 5.75 Å². The predicted octanol–water partition coefficient (Wildman–Crippen LogP) is 5.51. The fourth-order valence-electron chi connectivity index (χ4n) is 2.90. The first kappa shape index (κ1) is 18.3. The molecular weight excluding hydrogens is 318 g/mol. The van der Waals surface area contributed by atoms with E-state index in [2.05, 4.69) is 72.9 Å². The van der Waals surface area contributed by atoms with E-state index in [-0.39, 0.29) is 12.4 Å². The number of halogens is 1. The highest BCUT2D eigenvalue weighted by molar-refractivity contribution is 5.87. The summed E-state index contributed by atoms with van der Waals surface area (Å²) < 4.78 is 5.84. The van der Waals surface area contributed by atoms with Gasteiger partial charge in [0.15, 0.2) is 0 Å². The molecule has 0 heterocycles. The molecule has 3 heteroatoms. The van der Waals surface area contributed by atoms with Gasteiger partial charge >= 0.3 is 0 Å². The summed E-state index contributed by atoms with van der Waals surface area (Å²) in [6, 6.07) is 23.5. The van der Waals surface area contributed by atoms with Crippen LogP contribution < -0.4 is 10.1 Å². The number of fused-ring (bicyclic) bond motifs is 1. The highest BCUT2D eigenvalue weighted by atomic mass is 35.5. The molecule has 1 unspecified atom stereocenters. The maximum absolute atomic E-state index is 5.84. The van der Waals surface area contributed by atoms with Gasteiger partial charge in [0, 0.05) is 18.2 Å². The molecule has 3 aromatic carbocycles. The summed E-state index contributed by atoms with van der Waals surface area (Å²) in [6.45, 7) is 5.69. The van der Waals surface area contributed by atoms with Gasteiger partial charge in [-0.1, -0.05) is 60.7 Å². The Balaban J connectivity index is 0.00000208. The van der Waals surface area contributed by atoms with Gasteiger partial charge in [0.05, 0.1) is 6.61 Å². The summed E-state index contributed by atoms with van der Waals surface area (Å²) in [7, 11) is 0. The largest absolute Gasteiger partial charge is 0.494 e. The van der Waals surface area contributed by atoms with E-state index in [9.17, 15) is 0 Å². The van der Waals surface area contributed by atoms with Gasteiger partial charge in [-0.25, -0.2) is 0 Å². The van der Waals surface area contributed by atoms with Crippen LogP contribution in [0.4, 0.5) is 0 Å². The van der Waals surface area contributed by atoms with E-state index in [1.807, 2.05) is 13.0 Å². The lowest BCUT2D eigenvalue weighted by Gasteiger charge is -2.18. The molecule has 0 aliphatic rings. The van der Waals surface area contributed by atoms with E-state index in [4.69, 9.17) is 4.74 Å². The fraction of sp³-hybridized carbons (Fsp3) is 0.238. The zero-order valence-electron chi connectivity index (χ0n) is 14.2. The Hall–Kier alpha value is -2.03. The van der Waals surface area contributed by atoms with Crippen molar-refractivity contribution in [3.8, 4) is 5.75 Å². The normalized spacial score (nSPS) is 11.8. The highest BCUT2D eigenvalue weighted by Crippen LogP contribution is 2.28. The average molecular weight is 342 g/mol. The first-order valence-corrected chi connectivity index (χ1v) is 8.21. The van der Waals surface area contributed by atoms with Crippen LogP contribution in [0.25, 0.3) is 10.8 Å². The Labute approximate surface area is 150 Å². The van der Waals surface area contributed by atoms with E-state index >= 15 is 0 Å². The second kappa shape index (κ2) is 8.72. The summed E-state index contributed by atoms with van der Waals surface area (Å²) in [5.41, 5.74) is 2.53. The number of benzene rings is 3. The minimum Gasteiger partial charge on any atom is -0.494 e. The second-order valence-electron chi connectivity index (χ2n) is 5.71. The van der Waals surface area contributed by atoms with E-state index in [1.165, 1.54) is 21.9 Å². The van der Waals surface area contributed by atoms with Crippen molar-refractivity contribution in [1.82, 2.24) is 5.32 Å². The van der Waals surface area contributed by atoms with Gasteiger partial charge in [0.2, 0.25) is 0 Å². The highest BCUT2D eigenvalue weighted by Gasteiger charge is 2.11. The third-order valence-corrected chi connectivity index (χ3v) is 4.18. The van der Waals surface area contributed by atoms with Crippen LogP contribution in [0, 0.1) is 0 Å². The molecule has 0 fully saturated rings. The molecule has 0 aliphatic heterocycles. The Morgan fingerprint density at radius 3 is 2.38 bits per heavy atom. The molecule has 0 amide bonds. The van der Waals surface area contributed by atoms with Crippen molar-refractivity contribution in [3.05, 3.63) is 77.9 Å². The summed E-state index contributed by atoms with van der Waals surface area (Å²) in [5.74, 6) is 0.971. The molecule has 1 N–H and O–H groups in total. The first-order chi connectivity index (χ1) is 11.3. The molecule has 0 saturated heterocycles. The summed E-state index contributed by atoms with van der Waals surface area (Å²) in [4.78, 5) is 0. The standard InChI is InChI=1S/C21H23NO.ClH/c1-3-23-21-14-13-18-11-7-8-12-19(18)20(21)15-22-16(2)17-9-5-4-6-10-17;/h4-14,16,22H,3,15H2,1-2H3;1H. The molecular formula is C21H24ClNO. The van der Waals surface area contributed by atoms with Gasteiger partial charge in [-0.3, -0.25) is 0 Å². The zero-order valence-corrected chi connectivity index (χ0v) is 15.0. The molecule has 0 saturated carbocycles. The summed E-state index contributed by atoms with van der Waals surface area (Å²) in [6.07, 6.45) is 0. The van der Waals surface area contributed by atoms with Gasteiger partial charge in [0.25, 0.3) is 0 Å². The molecule has 3 aromatic rings. The summed E-state index contributed by atoms with van der Waals surface area (Å²) >= 11 is 0. The Bertz CT molecular complexity index is 773. The van der Waals surface area contributed by atoms with Crippen molar-refractivity contribution in [1.29, 1.82) is 0 Å². The average Bonchev–Trinajstić information content (AvgIpc) is 2.61. The number of hydrogen-bond acceptors (Lipinski definition) is 2. The van der Waals surface area contributed by atoms with Crippen LogP contribution in [0.15, 0.2) is 66.7 Å². The molecule has 2 nitrogen and oxygen atoms in total. The van der Waals surface area contributed by atoms with Crippen molar-refractivity contribution >= 4 is 23.2 Å². The van der Waals surface area contributed by atoms with Crippen molar-refractivity contribution in [3.63, 3.8) is 0 Å². The van der Waals surface area contributed by atoms with Crippen LogP contribution in [-0.2, 0) is 6.54 Å². The SMILES string of the molecule is CCOc1ccc2ccccc2c1CNC(C)c1ccccc1.Cl. The summed E-state index contributed by atoms with van der Waals surface area (Å²) in [5, 5.41) is 6.13. The topological polar surface area (TPSA) is 21.3 Å². The van der Waals surface area contributed by atoms with Crippen molar-refractivity contribution in [2.75, 3.05) is 6.61 Å². The first-order valence-electron chi connectivity index (χ1n) is 8.21. The predicted molar refractivity (Wildman–Crippen MR) is 104 cm³/mol. The third-order valence-electron chi connectivity index (χ3n) is 4.18. The van der Waals surface area contributed by atoms with Gasteiger partial charge in [-0.2, -0.15) is 0 Å². The van der Waals surface area contributed by atoms with Gasteiger partial charge in [-0.05, 0) is 36.2 Å². The monoisotopic (exact) mass is 341 g/mol. The number of ether oxygens (including phenoxy) is 1. The van der Waals surface area contributed by atoms with Crippen molar-refractivity contribution in [2.24, 2.45) is 0 Å². The maximum atomic E-state index is 5.84. The van der Waals surface area contributed by atoms with Gasteiger partial charge < -0.3 is 10.1 Å². The number of nitrogens with one attached hydrogen (secondary N) is 1. The third kappa shape index (κ3) is 4.08. The molecule has 0 radical (unpaired) electrons. The van der Waals surface area contributed by atoms with Crippen LogP contribution in [0.2, 0.25) is 0 Å². The lowest BCUT2D eigenvalue weighted by Crippen LogP contribution is -2.18. The Morgan fingerprint density at radius 2 is 1.62 bits per heavy atom. The quantitative estimate of drug-likeness (QED) is 0.638. The van der Waals surface area contributed by atoms with Crippen LogP contribution in [-0.4, -0.2) is 6.61 Å². The van der Waals surface area contributed by atoms with E-state index in [0.717, 1.165) is 12.3 Å². The minimum atomic E-state index is 0. The van der Waals surface area contributed by atoms with E-state index in [0.29, 0.717) is 12.6 Å². The number of rotatable bonds is 6. The number of hydrogen-bond donors (Lipinski definition) is 1. The van der Waals surface area contributed by atoms with Crippen molar-refractivity contribution < 1.29 is 4.74 Å². The lowest BCUT2D eigenvalue weighted by molar-refractivity contribution is 0.335. The molecule has 0 bridgehead atoms. The van der Waals surface area contributed by atoms with Crippen LogP contribution in [0.1, 0.15) is 31.0 Å². The fourth-order valence-corrected chi connectivity index (χ4v) is 2.90. The van der Waals surface area contributed by atoms with Crippen LogP contribution in [0.3, 0.4) is 0 Å². The van der Waals surface area contributed by atoms with Crippen LogP contribution in [0.5, 0.6) is 5.75 Å². The molecule has 0 spiro atoms. The molecule has 0 aromatic heterocycles. The van der Waals surface area contributed by atoms with Crippen LogP contribution >= 0.6 is 12.4 Å².